The van der Waals surface area contributed by atoms with Gasteiger partial charge in [0.05, 0.1) is 6.10 Å². The normalized spacial score (nSPS) is 45.0. The first-order valence-electron chi connectivity index (χ1n) is 12.0. The summed E-state index contributed by atoms with van der Waals surface area (Å²) in [7, 11) is 1.86. The second-order valence-corrected chi connectivity index (χ2v) is 10.7. The lowest BCUT2D eigenvalue weighted by atomic mass is 9.52. The van der Waals surface area contributed by atoms with Crippen LogP contribution in [0.4, 0.5) is 0 Å². The molecule has 4 fully saturated rings. The molecule has 3 nitrogen and oxygen atoms in total. The fourth-order valence-electron chi connectivity index (χ4n) is 8.05. The smallest absolute Gasteiger partial charge is 0.168 e. The van der Waals surface area contributed by atoms with Gasteiger partial charge in [-0.1, -0.05) is 18.9 Å². The van der Waals surface area contributed by atoms with Crippen molar-refractivity contribution in [2.24, 2.45) is 29.1 Å². The SMILES string of the molecule is COC1(O[C@@H]2CC[C@@H]3[C@@H]4CCC5=CC(=O)CC[C@@H]5[C@H]4CC[C@]32C)CCCCC1. The molecule has 5 rings (SSSR count). The Morgan fingerprint density at radius 3 is 2.54 bits per heavy atom. The largest absolute Gasteiger partial charge is 0.353 e. The fourth-order valence-corrected chi connectivity index (χ4v) is 8.05. The van der Waals surface area contributed by atoms with Crippen LogP contribution in [0.2, 0.25) is 0 Å². The lowest BCUT2D eigenvalue weighted by Gasteiger charge is -2.54. The zero-order chi connectivity index (χ0) is 19.4. The molecule has 28 heavy (non-hydrogen) atoms. The molecule has 3 heteroatoms. The van der Waals surface area contributed by atoms with Crippen molar-refractivity contribution in [2.45, 2.75) is 102 Å². The number of ether oxygens (including phenoxy) is 2. The number of hydrogen-bond donors (Lipinski definition) is 0. The fraction of sp³-hybridized carbons (Fsp3) is 0.880. The Morgan fingerprint density at radius 2 is 1.75 bits per heavy atom. The first-order valence-corrected chi connectivity index (χ1v) is 12.0. The molecule has 0 amide bonds. The first-order chi connectivity index (χ1) is 13.5. The van der Waals surface area contributed by atoms with Crippen LogP contribution in [-0.4, -0.2) is 24.8 Å². The summed E-state index contributed by atoms with van der Waals surface area (Å²) in [5, 5.41) is 0. The van der Waals surface area contributed by atoms with Crippen molar-refractivity contribution in [2.75, 3.05) is 7.11 Å². The van der Waals surface area contributed by atoms with Crippen LogP contribution in [0.5, 0.6) is 0 Å². The van der Waals surface area contributed by atoms with Gasteiger partial charge in [-0.3, -0.25) is 4.79 Å². The average molecular weight is 387 g/mol. The molecule has 0 spiro atoms. The molecule has 5 aliphatic rings. The van der Waals surface area contributed by atoms with Crippen LogP contribution in [0.3, 0.4) is 0 Å². The van der Waals surface area contributed by atoms with E-state index >= 15 is 0 Å². The van der Waals surface area contributed by atoms with Gasteiger partial charge in [0.15, 0.2) is 11.6 Å². The zero-order valence-corrected chi connectivity index (χ0v) is 17.9. The molecular formula is C25H38O3. The maximum absolute atomic E-state index is 11.9. The maximum Gasteiger partial charge on any atom is 0.168 e. The van der Waals surface area contributed by atoms with Crippen LogP contribution >= 0.6 is 0 Å². The Kier molecular flexibility index (Phi) is 4.99. The third-order valence-electron chi connectivity index (χ3n) is 9.56. The number of methoxy groups -OCH3 is 1. The van der Waals surface area contributed by atoms with E-state index in [1.54, 1.807) is 0 Å². The van der Waals surface area contributed by atoms with E-state index in [-0.39, 0.29) is 5.79 Å². The van der Waals surface area contributed by atoms with Gasteiger partial charge in [-0.2, -0.15) is 0 Å². The summed E-state index contributed by atoms with van der Waals surface area (Å²) in [4.78, 5) is 11.9. The van der Waals surface area contributed by atoms with Gasteiger partial charge in [0, 0.05) is 26.4 Å². The summed E-state index contributed by atoms with van der Waals surface area (Å²) in [6.07, 6.45) is 17.8. The molecule has 0 aromatic carbocycles. The molecule has 5 aliphatic carbocycles. The van der Waals surface area contributed by atoms with Gasteiger partial charge >= 0.3 is 0 Å². The highest BCUT2D eigenvalue weighted by atomic mass is 16.7. The number of allylic oxidation sites excluding steroid dienone is 1. The van der Waals surface area contributed by atoms with Crippen molar-refractivity contribution in [1.82, 2.24) is 0 Å². The Labute approximate surface area is 170 Å². The van der Waals surface area contributed by atoms with Gasteiger partial charge in [0.25, 0.3) is 0 Å². The van der Waals surface area contributed by atoms with E-state index in [0.717, 1.165) is 49.9 Å². The quantitative estimate of drug-likeness (QED) is 0.573. The number of ketones is 1. The predicted octanol–water partition coefficient (Wildman–Crippen LogP) is 5.82. The van der Waals surface area contributed by atoms with E-state index in [4.69, 9.17) is 9.47 Å². The summed E-state index contributed by atoms with van der Waals surface area (Å²) < 4.78 is 12.9. The van der Waals surface area contributed by atoms with Crippen molar-refractivity contribution in [1.29, 1.82) is 0 Å². The Balaban J connectivity index is 1.34. The predicted molar refractivity (Wildman–Crippen MR) is 110 cm³/mol. The molecule has 156 valence electrons. The number of fused-ring (bicyclic) bond motifs is 5. The standard InChI is InChI=1S/C25H38O3/c1-24-15-12-20-19-9-7-18(26)16-17(19)6-8-21(20)22(24)10-11-23(24)28-25(27-2)13-4-3-5-14-25/h16,19-23H,3-15H2,1-2H3/t19-,20+,21+,22+,23+,24+/m0/s1. The van der Waals surface area contributed by atoms with Crippen molar-refractivity contribution in [3.05, 3.63) is 11.6 Å². The van der Waals surface area contributed by atoms with Crippen molar-refractivity contribution >= 4 is 5.78 Å². The van der Waals surface area contributed by atoms with Gasteiger partial charge in [0.1, 0.15) is 0 Å². The van der Waals surface area contributed by atoms with Gasteiger partial charge in [-0.15, -0.1) is 0 Å². The number of carbonyl (C=O) groups is 1. The number of hydrogen-bond acceptors (Lipinski definition) is 3. The molecule has 0 aromatic heterocycles. The molecule has 0 saturated heterocycles. The van der Waals surface area contributed by atoms with Crippen molar-refractivity contribution < 1.29 is 14.3 Å². The van der Waals surface area contributed by atoms with E-state index < -0.39 is 0 Å². The molecular weight excluding hydrogens is 348 g/mol. The van der Waals surface area contributed by atoms with Crippen molar-refractivity contribution in [3.8, 4) is 0 Å². The molecule has 0 bridgehead atoms. The van der Waals surface area contributed by atoms with E-state index in [1.165, 1.54) is 56.9 Å². The summed E-state index contributed by atoms with van der Waals surface area (Å²) in [5.41, 5.74) is 1.81. The summed E-state index contributed by atoms with van der Waals surface area (Å²) in [5.74, 6) is 3.21. The third kappa shape index (κ3) is 3.03. The van der Waals surface area contributed by atoms with Crippen LogP contribution in [-0.2, 0) is 14.3 Å². The van der Waals surface area contributed by atoms with Crippen LogP contribution in [0, 0.1) is 29.1 Å². The topological polar surface area (TPSA) is 35.5 Å². The second kappa shape index (κ2) is 7.23. The van der Waals surface area contributed by atoms with Crippen LogP contribution in [0.1, 0.15) is 90.4 Å². The highest BCUT2D eigenvalue weighted by molar-refractivity contribution is 5.91. The van der Waals surface area contributed by atoms with E-state index in [9.17, 15) is 4.79 Å². The Bertz CT molecular complexity index is 646. The van der Waals surface area contributed by atoms with Gasteiger partial charge < -0.3 is 9.47 Å². The molecule has 0 aliphatic heterocycles. The molecule has 0 radical (unpaired) electrons. The minimum atomic E-state index is -0.316. The van der Waals surface area contributed by atoms with E-state index in [2.05, 4.69) is 6.92 Å². The number of carbonyl (C=O) groups excluding carboxylic acids is 1. The zero-order valence-electron chi connectivity index (χ0n) is 17.9. The highest BCUT2D eigenvalue weighted by Gasteiger charge is 2.58. The van der Waals surface area contributed by atoms with Crippen LogP contribution in [0.25, 0.3) is 0 Å². The summed E-state index contributed by atoms with van der Waals surface area (Å²) >= 11 is 0. The molecule has 6 atom stereocenters. The Hall–Kier alpha value is -0.670. The monoisotopic (exact) mass is 386 g/mol. The van der Waals surface area contributed by atoms with Crippen molar-refractivity contribution in [3.63, 3.8) is 0 Å². The van der Waals surface area contributed by atoms with Crippen LogP contribution < -0.4 is 0 Å². The molecule has 0 N–H and O–H groups in total. The molecule has 4 saturated carbocycles. The van der Waals surface area contributed by atoms with Crippen LogP contribution in [0.15, 0.2) is 11.6 Å². The molecule has 0 aromatic rings. The first kappa shape index (κ1) is 19.3. The van der Waals surface area contributed by atoms with E-state index in [1.807, 2.05) is 13.2 Å². The number of rotatable bonds is 3. The average Bonchev–Trinajstić information content (AvgIpc) is 3.04. The van der Waals surface area contributed by atoms with Gasteiger partial charge in [0.2, 0.25) is 0 Å². The minimum absolute atomic E-state index is 0.315. The molecule has 0 unspecified atom stereocenters. The van der Waals surface area contributed by atoms with E-state index in [0.29, 0.717) is 23.2 Å². The lowest BCUT2D eigenvalue weighted by molar-refractivity contribution is -0.279. The lowest BCUT2D eigenvalue weighted by Crippen LogP contribution is -2.50. The summed E-state index contributed by atoms with van der Waals surface area (Å²) in [6.45, 7) is 2.54. The van der Waals surface area contributed by atoms with Gasteiger partial charge in [-0.05, 0) is 93.0 Å². The molecule has 0 heterocycles. The highest BCUT2D eigenvalue weighted by Crippen LogP contribution is 2.63. The Morgan fingerprint density at radius 1 is 0.929 bits per heavy atom. The maximum atomic E-state index is 11.9. The van der Waals surface area contributed by atoms with Gasteiger partial charge in [-0.25, -0.2) is 0 Å². The minimum Gasteiger partial charge on any atom is -0.353 e. The third-order valence-corrected chi connectivity index (χ3v) is 9.56. The summed E-state index contributed by atoms with van der Waals surface area (Å²) in [6, 6.07) is 0. The second-order valence-electron chi connectivity index (χ2n) is 10.7.